The number of nitrogens with one attached hydrogen (secondary N) is 1. The van der Waals surface area contributed by atoms with Gasteiger partial charge in [-0.2, -0.15) is 0 Å². The number of amides is 2. The number of likely N-dealkylation sites (N-methyl/N-ethyl adjacent to an activating group) is 1. The van der Waals surface area contributed by atoms with Gasteiger partial charge in [0.25, 0.3) is 0 Å². The van der Waals surface area contributed by atoms with E-state index >= 15 is 0 Å². The molecule has 1 aliphatic carbocycles. The third kappa shape index (κ3) is 7.98. The van der Waals surface area contributed by atoms with Gasteiger partial charge in [0.2, 0.25) is 11.8 Å². The number of hydrogen-bond donors (Lipinski definition) is 2. The van der Waals surface area contributed by atoms with Gasteiger partial charge in [-0.05, 0) is 71.5 Å². The number of piperazine rings is 1. The molecular formula is C38H43N5O2. The fraction of sp³-hybridized carbons (Fsp3) is 0.316. The van der Waals surface area contributed by atoms with E-state index in [1.165, 1.54) is 0 Å². The molecule has 0 atom stereocenters. The van der Waals surface area contributed by atoms with E-state index in [2.05, 4.69) is 76.8 Å². The number of benzene rings is 4. The number of rotatable bonds is 11. The van der Waals surface area contributed by atoms with Gasteiger partial charge in [0.15, 0.2) is 0 Å². The Morgan fingerprint density at radius 1 is 0.756 bits per heavy atom. The van der Waals surface area contributed by atoms with Gasteiger partial charge in [0.05, 0.1) is 17.8 Å². The van der Waals surface area contributed by atoms with Crippen LogP contribution in [0, 0.1) is 5.92 Å². The predicted octanol–water partition coefficient (Wildman–Crippen LogP) is 5.68. The summed E-state index contributed by atoms with van der Waals surface area (Å²) in [4.78, 5) is 33.3. The number of hydrogen-bond acceptors (Lipinski definition) is 5. The van der Waals surface area contributed by atoms with Crippen LogP contribution in [0.4, 0.5) is 11.4 Å². The molecule has 1 heterocycles. The van der Waals surface area contributed by atoms with Crippen LogP contribution < -0.4 is 16.0 Å². The molecule has 1 saturated carbocycles. The smallest absolute Gasteiger partial charge is 0.228 e. The molecule has 4 aromatic carbocycles. The summed E-state index contributed by atoms with van der Waals surface area (Å²) in [5.41, 5.74) is 14.1. The molecule has 0 bridgehead atoms. The fourth-order valence-corrected chi connectivity index (χ4v) is 6.06. The van der Waals surface area contributed by atoms with Crippen molar-refractivity contribution in [2.24, 2.45) is 11.7 Å². The molecule has 2 amide bonds. The highest BCUT2D eigenvalue weighted by Gasteiger charge is 2.33. The Bertz CT molecular complexity index is 1630. The van der Waals surface area contributed by atoms with E-state index in [0.29, 0.717) is 26.1 Å². The Labute approximate surface area is 266 Å². The normalized spacial score (nSPS) is 15.1. The maximum Gasteiger partial charge on any atom is 0.228 e. The van der Waals surface area contributed by atoms with Crippen molar-refractivity contribution in [1.29, 1.82) is 0 Å². The molecule has 0 spiro atoms. The van der Waals surface area contributed by atoms with Crippen molar-refractivity contribution in [2.45, 2.75) is 38.9 Å². The molecule has 232 valence electrons. The van der Waals surface area contributed by atoms with Crippen LogP contribution in [0.2, 0.25) is 0 Å². The quantitative estimate of drug-likeness (QED) is 0.231. The van der Waals surface area contributed by atoms with Crippen LogP contribution >= 0.6 is 0 Å². The van der Waals surface area contributed by atoms with E-state index in [4.69, 9.17) is 5.73 Å². The van der Waals surface area contributed by atoms with Crippen LogP contribution in [-0.2, 0) is 35.6 Å². The molecule has 1 aliphatic heterocycles. The summed E-state index contributed by atoms with van der Waals surface area (Å²) in [6.07, 6.45) is 2.26. The Kier molecular flexibility index (Phi) is 9.58. The lowest BCUT2D eigenvalue weighted by atomic mass is 10.0. The van der Waals surface area contributed by atoms with Gasteiger partial charge in [-0.1, -0.05) is 78.9 Å². The first-order chi connectivity index (χ1) is 21.9. The molecule has 2 fully saturated rings. The summed E-state index contributed by atoms with van der Waals surface area (Å²) in [5.74, 6) is 0.323. The van der Waals surface area contributed by atoms with E-state index in [0.717, 1.165) is 83.8 Å². The summed E-state index contributed by atoms with van der Waals surface area (Å²) in [7, 11) is 2.15. The van der Waals surface area contributed by atoms with E-state index in [9.17, 15) is 9.59 Å². The molecule has 0 radical (unpaired) electrons. The molecule has 4 aromatic rings. The van der Waals surface area contributed by atoms with Crippen LogP contribution in [0.5, 0.6) is 0 Å². The second-order valence-corrected chi connectivity index (χ2v) is 12.4. The average molecular weight is 602 g/mol. The topological polar surface area (TPSA) is 81.9 Å². The Morgan fingerprint density at radius 3 is 2.11 bits per heavy atom. The number of carbonyl (C=O) groups excluding carboxylic acids is 2. The lowest BCUT2D eigenvalue weighted by Gasteiger charge is -2.35. The van der Waals surface area contributed by atoms with Crippen molar-refractivity contribution in [2.75, 3.05) is 43.4 Å². The summed E-state index contributed by atoms with van der Waals surface area (Å²) in [6, 6.07) is 32.8. The fourth-order valence-electron chi connectivity index (χ4n) is 6.06. The van der Waals surface area contributed by atoms with Crippen LogP contribution in [0.15, 0.2) is 97.1 Å². The second-order valence-electron chi connectivity index (χ2n) is 12.4. The van der Waals surface area contributed by atoms with Crippen molar-refractivity contribution < 1.29 is 9.59 Å². The highest BCUT2D eigenvalue weighted by molar-refractivity contribution is 5.96. The lowest BCUT2D eigenvalue weighted by molar-refractivity contribution is -0.133. The third-order valence-corrected chi connectivity index (χ3v) is 8.79. The minimum absolute atomic E-state index is 0.0320. The van der Waals surface area contributed by atoms with Crippen molar-refractivity contribution in [3.8, 4) is 11.1 Å². The Morgan fingerprint density at radius 2 is 1.40 bits per heavy atom. The first-order valence-corrected chi connectivity index (χ1v) is 16.0. The first kappa shape index (κ1) is 30.6. The van der Waals surface area contributed by atoms with Crippen molar-refractivity contribution >= 4 is 23.2 Å². The molecule has 45 heavy (non-hydrogen) atoms. The third-order valence-electron chi connectivity index (χ3n) is 8.79. The number of nitrogens with zero attached hydrogens (tertiary/aromatic N) is 3. The standard InChI is InChI=1S/C38H43N5O2/c1-41-17-19-42(20-18-41)36-16-15-34(24-35(36)40-37(44)23-28-7-3-2-4-8-28)33-12-6-11-31(22-33)27-43(38(45)32-13-14-32)26-30-10-5-9-29(21-30)25-39/h2-12,15-16,21-22,24,32H,13-14,17-20,23,25-27,39H2,1H3,(H,40,44). The van der Waals surface area contributed by atoms with Gasteiger partial charge in [-0.15, -0.1) is 0 Å². The minimum Gasteiger partial charge on any atom is -0.367 e. The molecule has 0 aromatic heterocycles. The van der Waals surface area contributed by atoms with Crippen molar-refractivity contribution in [3.05, 3.63) is 119 Å². The Hall–Kier alpha value is -4.46. The molecule has 2 aliphatic rings. The van der Waals surface area contributed by atoms with Gasteiger partial charge >= 0.3 is 0 Å². The zero-order valence-electron chi connectivity index (χ0n) is 26.1. The van der Waals surface area contributed by atoms with Crippen LogP contribution in [0.1, 0.15) is 35.1 Å². The lowest BCUT2D eigenvalue weighted by Crippen LogP contribution is -2.44. The maximum atomic E-state index is 13.4. The van der Waals surface area contributed by atoms with Gasteiger partial charge in [-0.3, -0.25) is 9.59 Å². The predicted molar refractivity (Wildman–Crippen MR) is 182 cm³/mol. The molecule has 1 saturated heterocycles. The Balaban J connectivity index is 1.25. The van der Waals surface area contributed by atoms with Crippen LogP contribution in [0.25, 0.3) is 11.1 Å². The molecule has 7 heteroatoms. The zero-order valence-corrected chi connectivity index (χ0v) is 26.1. The zero-order chi connectivity index (χ0) is 31.2. The van der Waals surface area contributed by atoms with E-state index < -0.39 is 0 Å². The summed E-state index contributed by atoms with van der Waals surface area (Å²) >= 11 is 0. The van der Waals surface area contributed by atoms with Gasteiger partial charge in [-0.25, -0.2) is 0 Å². The highest BCUT2D eigenvalue weighted by Crippen LogP contribution is 2.34. The molecule has 3 N–H and O–H groups in total. The van der Waals surface area contributed by atoms with E-state index in [1.807, 2.05) is 47.4 Å². The monoisotopic (exact) mass is 601 g/mol. The summed E-state index contributed by atoms with van der Waals surface area (Å²) in [6.45, 7) is 5.36. The molecule has 7 nitrogen and oxygen atoms in total. The largest absolute Gasteiger partial charge is 0.367 e. The van der Waals surface area contributed by atoms with Gasteiger partial charge < -0.3 is 25.8 Å². The second kappa shape index (κ2) is 14.1. The SMILES string of the molecule is CN1CCN(c2ccc(-c3cccc(CN(Cc4cccc(CN)c4)C(=O)C4CC4)c3)cc2NC(=O)Cc2ccccc2)CC1. The average Bonchev–Trinajstić information content (AvgIpc) is 3.91. The number of carbonyl (C=O) groups is 2. The van der Waals surface area contributed by atoms with Crippen molar-refractivity contribution in [3.63, 3.8) is 0 Å². The maximum absolute atomic E-state index is 13.4. The minimum atomic E-state index is -0.0320. The van der Waals surface area contributed by atoms with Gasteiger partial charge in [0.1, 0.15) is 0 Å². The number of nitrogens with two attached hydrogens (primary N) is 1. The molecular weight excluding hydrogens is 558 g/mol. The van der Waals surface area contributed by atoms with E-state index in [1.54, 1.807) is 0 Å². The van der Waals surface area contributed by atoms with Crippen LogP contribution in [-0.4, -0.2) is 54.8 Å². The van der Waals surface area contributed by atoms with Crippen molar-refractivity contribution in [1.82, 2.24) is 9.80 Å². The molecule has 0 unspecified atom stereocenters. The van der Waals surface area contributed by atoms with Crippen LogP contribution in [0.3, 0.4) is 0 Å². The molecule has 6 rings (SSSR count). The summed E-state index contributed by atoms with van der Waals surface area (Å²) < 4.78 is 0. The van der Waals surface area contributed by atoms with E-state index in [-0.39, 0.29) is 17.7 Å². The van der Waals surface area contributed by atoms with Gasteiger partial charge in [0, 0.05) is 51.7 Å². The highest BCUT2D eigenvalue weighted by atomic mass is 16.2. The number of anilines is 2. The first-order valence-electron chi connectivity index (χ1n) is 16.0. The summed E-state index contributed by atoms with van der Waals surface area (Å²) in [5, 5.41) is 3.24.